The topological polar surface area (TPSA) is 38.9 Å². The fraction of sp³-hybridized carbons (Fsp3) is 0.417. The molecular formula is C12H14N2S. The summed E-state index contributed by atoms with van der Waals surface area (Å²) in [5, 5.41) is 1.11. The van der Waals surface area contributed by atoms with Crippen molar-refractivity contribution in [1.29, 1.82) is 0 Å². The second-order valence-corrected chi connectivity index (χ2v) is 5.45. The van der Waals surface area contributed by atoms with E-state index in [2.05, 4.69) is 30.1 Å². The van der Waals surface area contributed by atoms with Gasteiger partial charge in [-0.15, -0.1) is 11.3 Å². The number of aromatic nitrogens is 1. The van der Waals surface area contributed by atoms with Gasteiger partial charge in [-0.2, -0.15) is 0 Å². The number of rotatable bonds is 2. The molecule has 1 fully saturated rings. The van der Waals surface area contributed by atoms with Crippen molar-refractivity contribution >= 4 is 21.6 Å². The van der Waals surface area contributed by atoms with Crippen LogP contribution in [0.15, 0.2) is 18.2 Å². The molecule has 1 aromatic heterocycles. The Hall–Kier alpha value is -0.930. The highest BCUT2D eigenvalue weighted by atomic mass is 32.1. The second-order valence-electron chi connectivity index (χ2n) is 4.39. The molecule has 0 bridgehead atoms. The van der Waals surface area contributed by atoms with E-state index in [0.29, 0.717) is 5.92 Å². The maximum absolute atomic E-state index is 6.15. The predicted octanol–water partition coefficient (Wildman–Crippen LogP) is 3.01. The molecule has 3 heteroatoms. The average molecular weight is 218 g/mol. The molecule has 1 saturated carbocycles. The minimum Gasteiger partial charge on any atom is -0.322 e. The summed E-state index contributed by atoms with van der Waals surface area (Å²) >= 11 is 1.75. The molecule has 1 unspecified atom stereocenters. The van der Waals surface area contributed by atoms with Crippen LogP contribution in [0.5, 0.6) is 0 Å². The number of hydrogen-bond donors (Lipinski definition) is 1. The predicted molar refractivity (Wildman–Crippen MR) is 64.0 cm³/mol. The van der Waals surface area contributed by atoms with E-state index in [1.807, 2.05) is 0 Å². The molecule has 2 N–H and O–H groups in total. The van der Waals surface area contributed by atoms with Crippen LogP contribution in [0.2, 0.25) is 0 Å². The number of nitrogens with zero attached hydrogens (tertiary/aromatic N) is 1. The van der Waals surface area contributed by atoms with Gasteiger partial charge in [-0.05, 0) is 43.4 Å². The van der Waals surface area contributed by atoms with E-state index in [0.717, 1.165) is 10.5 Å². The van der Waals surface area contributed by atoms with E-state index in [4.69, 9.17) is 5.73 Å². The van der Waals surface area contributed by atoms with E-state index in [-0.39, 0.29) is 6.04 Å². The Labute approximate surface area is 93.1 Å². The molecule has 2 nitrogen and oxygen atoms in total. The summed E-state index contributed by atoms with van der Waals surface area (Å²) in [6, 6.07) is 6.58. The SMILES string of the molecule is Cc1ccc2sc(C(N)C3CC3)nc2c1. The van der Waals surface area contributed by atoms with Gasteiger partial charge < -0.3 is 5.73 Å². The summed E-state index contributed by atoms with van der Waals surface area (Å²) in [4.78, 5) is 4.63. The van der Waals surface area contributed by atoms with Crippen molar-refractivity contribution in [2.24, 2.45) is 11.7 Å². The molecule has 2 aromatic rings. The number of hydrogen-bond acceptors (Lipinski definition) is 3. The summed E-state index contributed by atoms with van der Waals surface area (Å²) in [6.07, 6.45) is 2.55. The number of nitrogens with two attached hydrogens (primary N) is 1. The van der Waals surface area contributed by atoms with Gasteiger partial charge in [-0.3, -0.25) is 0 Å². The maximum Gasteiger partial charge on any atom is 0.111 e. The van der Waals surface area contributed by atoms with Crippen LogP contribution in [0.3, 0.4) is 0 Å². The van der Waals surface area contributed by atoms with Gasteiger partial charge in [-0.25, -0.2) is 4.98 Å². The quantitative estimate of drug-likeness (QED) is 0.841. The van der Waals surface area contributed by atoms with Gasteiger partial charge >= 0.3 is 0 Å². The fourth-order valence-electron chi connectivity index (χ4n) is 1.85. The van der Waals surface area contributed by atoms with Crippen LogP contribution in [-0.2, 0) is 0 Å². The lowest BCUT2D eigenvalue weighted by Gasteiger charge is -2.03. The van der Waals surface area contributed by atoms with Crippen molar-refractivity contribution < 1.29 is 0 Å². The summed E-state index contributed by atoms with van der Waals surface area (Å²) in [5.41, 5.74) is 8.52. The van der Waals surface area contributed by atoms with E-state index >= 15 is 0 Å². The first-order valence-corrected chi connectivity index (χ1v) is 6.18. The van der Waals surface area contributed by atoms with E-state index < -0.39 is 0 Å². The lowest BCUT2D eigenvalue weighted by Crippen LogP contribution is -2.11. The first kappa shape index (κ1) is 9.31. The molecule has 78 valence electrons. The van der Waals surface area contributed by atoms with Gasteiger partial charge in [0.15, 0.2) is 0 Å². The van der Waals surface area contributed by atoms with Gasteiger partial charge in [0, 0.05) is 0 Å². The normalized spacial score (nSPS) is 18.3. The zero-order chi connectivity index (χ0) is 10.4. The van der Waals surface area contributed by atoms with Gasteiger partial charge in [-0.1, -0.05) is 6.07 Å². The van der Waals surface area contributed by atoms with E-state index in [9.17, 15) is 0 Å². The third-order valence-electron chi connectivity index (χ3n) is 2.97. The van der Waals surface area contributed by atoms with E-state index in [1.165, 1.54) is 23.1 Å². The molecular weight excluding hydrogens is 204 g/mol. The van der Waals surface area contributed by atoms with Crippen molar-refractivity contribution in [1.82, 2.24) is 4.98 Å². The van der Waals surface area contributed by atoms with Crippen molar-refractivity contribution in [3.05, 3.63) is 28.8 Å². The van der Waals surface area contributed by atoms with Crippen LogP contribution in [0.1, 0.15) is 29.5 Å². The molecule has 0 radical (unpaired) electrons. The Morgan fingerprint density at radius 1 is 1.47 bits per heavy atom. The van der Waals surface area contributed by atoms with Gasteiger partial charge in [0.25, 0.3) is 0 Å². The van der Waals surface area contributed by atoms with Gasteiger partial charge in [0.1, 0.15) is 5.01 Å². The molecule has 0 spiro atoms. The van der Waals surface area contributed by atoms with E-state index in [1.54, 1.807) is 11.3 Å². The maximum atomic E-state index is 6.15. The molecule has 1 atom stereocenters. The Kier molecular flexibility index (Phi) is 2.04. The Morgan fingerprint density at radius 2 is 2.27 bits per heavy atom. The van der Waals surface area contributed by atoms with Gasteiger partial charge in [0.2, 0.25) is 0 Å². The molecule has 1 heterocycles. The summed E-state index contributed by atoms with van der Waals surface area (Å²) in [7, 11) is 0. The highest BCUT2D eigenvalue weighted by Gasteiger charge is 2.31. The third kappa shape index (κ3) is 1.66. The average Bonchev–Trinajstić information content (AvgIpc) is 2.97. The van der Waals surface area contributed by atoms with Crippen molar-refractivity contribution in [2.45, 2.75) is 25.8 Å². The highest BCUT2D eigenvalue weighted by molar-refractivity contribution is 7.18. The van der Waals surface area contributed by atoms with Crippen LogP contribution in [0.4, 0.5) is 0 Å². The summed E-state index contributed by atoms with van der Waals surface area (Å²) in [5.74, 6) is 0.687. The lowest BCUT2D eigenvalue weighted by molar-refractivity contribution is 0.630. The standard InChI is InChI=1S/C12H14N2S/c1-7-2-5-10-9(6-7)14-12(15-10)11(13)8-3-4-8/h2,5-6,8,11H,3-4,13H2,1H3. The largest absolute Gasteiger partial charge is 0.322 e. The fourth-order valence-corrected chi connectivity index (χ4v) is 2.90. The minimum absolute atomic E-state index is 0.169. The molecule has 15 heavy (non-hydrogen) atoms. The lowest BCUT2D eigenvalue weighted by atomic mass is 10.2. The third-order valence-corrected chi connectivity index (χ3v) is 4.11. The van der Waals surface area contributed by atoms with Crippen molar-refractivity contribution in [2.75, 3.05) is 0 Å². The molecule has 1 aliphatic rings. The second kappa shape index (κ2) is 3.29. The van der Waals surface area contributed by atoms with Crippen LogP contribution >= 0.6 is 11.3 Å². The summed E-state index contributed by atoms with van der Waals surface area (Å²) in [6.45, 7) is 2.10. The Balaban J connectivity index is 2.05. The Bertz CT molecular complexity index is 499. The molecule has 1 aromatic carbocycles. The number of benzene rings is 1. The van der Waals surface area contributed by atoms with Crippen molar-refractivity contribution in [3.63, 3.8) is 0 Å². The smallest absolute Gasteiger partial charge is 0.111 e. The van der Waals surface area contributed by atoms with Gasteiger partial charge in [0.05, 0.1) is 16.3 Å². The number of aryl methyl sites for hydroxylation is 1. The molecule has 3 rings (SSSR count). The Morgan fingerprint density at radius 3 is 3.00 bits per heavy atom. The molecule has 0 amide bonds. The van der Waals surface area contributed by atoms with Crippen LogP contribution < -0.4 is 5.73 Å². The molecule has 0 saturated heterocycles. The first-order chi connectivity index (χ1) is 7.24. The number of fused-ring (bicyclic) bond motifs is 1. The zero-order valence-electron chi connectivity index (χ0n) is 8.73. The zero-order valence-corrected chi connectivity index (χ0v) is 9.55. The van der Waals surface area contributed by atoms with Crippen LogP contribution in [-0.4, -0.2) is 4.98 Å². The first-order valence-electron chi connectivity index (χ1n) is 5.37. The minimum atomic E-state index is 0.169. The van der Waals surface area contributed by atoms with Crippen LogP contribution in [0.25, 0.3) is 10.2 Å². The van der Waals surface area contributed by atoms with Crippen molar-refractivity contribution in [3.8, 4) is 0 Å². The molecule has 1 aliphatic carbocycles. The van der Waals surface area contributed by atoms with Crippen LogP contribution in [0, 0.1) is 12.8 Å². The summed E-state index contributed by atoms with van der Waals surface area (Å²) < 4.78 is 1.26. The monoisotopic (exact) mass is 218 g/mol. The number of thiazole rings is 1. The highest BCUT2D eigenvalue weighted by Crippen LogP contribution is 2.41. The molecule has 0 aliphatic heterocycles.